The number of phenolic OH excluding ortho intramolecular Hbond substituents is 2. The van der Waals surface area contributed by atoms with E-state index in [-0.39, 0.29) is 29.2 Å². The number of aromatic hydroxyl groups is 2. The van der Waals surface area contributed by atoms with Crippen molar-refractivity contribution in [2.24, 2.45) is 0 Å². The number of nitriles is 1. The van der Waals surface area contributed by atoms with E-state index in [1.807, 2.05) is 6.07 Å². The number of rotatable bonds is 5. The van der Waals surface area contributed by atoms with Gasteiger partial charge in [0, 0.05) is 11.1 Å². The molecule has 0 saturated heterocycles. The minimum absolute atomic E-state index is 0.0368. The van der Waals surface area contributed by atoms with Gasteiger partial charge in [0.05, 0.1) is 12.6 Å². The summed E-state index contributed by atoms with van der Waals surface area (Å²) >= 11 is 0. The molecule has 26 heavy (non-hydrogen) atoms. The molecule has 1 unspecified atom stereocenters. The van der Waals surface area contributed by atoms with Gasteiger partial charge in [0.15, 0.2) is 0 Å². The number of benzene rings is 2. The molecule has 0 fully saturated rings. The number of phenols is 2. The van der Waals surface area contributed by atoms with Gasteiger partial charge in [-0.2, -0.15) is 5.26 Å². The Morgan fingerprint density at radius 2 is 1.50 bits per heavy atom. The molecule has 0 saturated carbocycles. The lowest BCUT2D eigenvalue weighted by atomic mass is 10.1. The van der Waals surface area contributed by atoms with E-state index in [0.29, 0.717) is 11.1 Å². The number of amides is 2. The average Bonchev–Trinajstić information content (AvgIpc) is 2.62. The Morgan fingerprint density at radius 3 is 2.00 bits per heavy atom. The first kappa shape index (κ1) is 18.8. The van der Waals surface area contributed by atoms with Crippen molar-refractivity contribution in [2.75, 3.05) is 6.54 Å². The van der Waals surface area contributed by atoms with Gasteiger partial charge in [-0.15, -0.1) is 0 Å². The van der Waals surface area contributed by atoms with Gasteiger partial charge in [-0.1, -0.05) is 12.1 Å². The fourth-order valence-corrected chi connectivity index (χ4v) is 2.36. The third-order valence-corrected chi connectivity index (χ3v) is 3.86. The maximum atomic E-state index is 12.3. The smallest absolute Gasteiger partial charge is 0.252 e. The fourth-order valence-electron chi connectivity index (χ4n) is 2.36. The number of carbonyl (C=O) groups is 2. The zero-order valence-corrected chi connectivity index (χ0v) is 14.4. The van der Waals surface area contributed by atoms with E-state index in [1.165, 1.54) is 24.3 Å². The van der Waals surface area contributed by atoms with Gasteiger partial charge < -0.3 is 20.8 Å². The highest BCUT2D eigenvalue weighted by Crippen LogP contribution is 2.16. The van der Waals surface area contributed by atoms with Crippen molar-refractivity contribution in [1.29, 1.82) is 5.26 Å². The summed E-state index contributed by atoms with van der Waals surface area (Å²) in [5.74, 6) is -1.07. The molecular weight excluding hydrogens is 334 g/mol. The Labute approximate surface area is 150 Å². The number of hydrogen-bond acceptors (Lipinski definition) is 5. The Kier molecular flexibility index (Phi) is 5.81. The van der Waals surface area contributed by atoms with Crippen LogP contribution in [0.15, 0.2) is 36.4 Å². The summed E-state index contributed by atoms with van der Waals surface area (Å²) in [5.41, 5.74) is 1.86. The second-order valence-corrected chi connectivity index (χ2v) is 5.86. The predicted molar refractivity (Wildman–Crippen MR) is 94.9 cm³/mol. The maximum Gasteiger partial charge on any atom is 0.252 e. The molecule has 0 bridgehead atoms. The fraction of sp³-hybridized carbons (Fsp3) is 0.211. The molecule has 7 heteroatoms. The standard InChI is InChI=1S/C19H19N3O4/c1-11-3-5-14(23)7-16(11)18(25)21-10-13(9-20)22-19(26)17-8-15(24)6-4-12(17)2/h3-8,13,23-24H,10H2,1-2H3,(H,21,25)(H,22,26). The summed E-state index contributed by atoms with van der Waals surface area (Å²) in [4.78, 5) is 24.5. The first-order chi connectivity index (χ1) is 12.3. The van der Waals surface area contributed by atoms with Crippen molar-refractivity contribution in [3.63, 3.8) is 0 Å². The Balaban J connectivity index is 2.02. The zero-order chi connectivity index (χ0) is 19.3. The molecule has 2 rings (SSSR count). The van der Waals surface area contributed by atoms with Gasteiger partial charge in [0.1, 0.15) is 17.5 Å². The van der Waals surface area contributed by atoms with Crippen LogP contribution in [0.25, 0.3) is 0 Å². The number of nitrogens with zero attached hydrogens (tertiary/aromatic N) is 1. The summed E-state index contributed by atoms with van der Waals surface area (Å²) in [5, 5.41) is 33.3. The van der Waals surface area contributed by atoms with Crippen molar-refractivity contribution < 1.29 is 19.8 Å². The first-order valence-electron chi connectivity index (χ1n) is 7.89. The van der Waals surface area contributed by atoms with E-state index in [9.17, 15) is 25.1 Å². The van der Waals surface area contributed by atoms with Gasteiger partial charge in [0.2, 0.25) is 0 Å². The Hall–Kier alpha value is -3.53. The van der Waals surface area contributed by atoms with Crippen LogP contribution in [0.5, 0.6) is 11.5 Å². The molecule has 134 valence electrons. The molecule has 0 aromatic heterocycles. The molecule has 0 aliphatic rings. The van der Waals surface area contributed by atoms with Crippen LogP contribution in [0.3, 0.4) is 0 Å². The largest absolute Gasteiger partial charge is 0.508 e. The lowest BCUT2D eigenvalue weighted by Gasteiger charge is -2.14. The van der Waals surface area contributed by atoms with Crippen LogP contribution >= 0.6 is 0 Å². The van der Waals surface area contributed by atoms with Crippen molar-refractivity contribution >= 4 is 11.8 Å². The van der Waals surface area contributed by atoms with Crippen LogP contribution < -0.4 is 10.6 Å². The molecule has 2 aromatic carbocycles. The molecule has 0 aliphatic carbocycles. The van der Waals surface area contributed by atoms with Crippen LogP contribution in [0.4, 0.5) is 0 Å². The molecular formula is C19H19N3O4. The van der Waals surface area contributed by atoms with Crippen LogP contribution in [0.2, 0.25) is 0 Å². The van der Waals surface area contributed by atoms with Crippen LogP contribution in [-0.2, 0) is 0 Å². The lowest BCUT2D eigenvalue weighted by Crippen LogP contribution is -2.43. The van der Waals surface area contributed by atoms with Crippen LogP contribution in [-0.4, -0.2) is 34.6 Å². The van der Waals surface area contributed by atoms with Crippen molar-refractivity contribution in [1.82, 2.24) is 10.6 Å². The second kappa shape index (κ2) is 8.03. The number of hydrogen-bond donors (Lipinski definition) is 4. The molecule has 4 N–H and O–H groups in total. The summed E-state index contributed by atoms with van der Waals surface area (Å²) in [6.07, 6.45) is 0. The quantitative estimate of drug-likeness (QED) is 0.652. The minimum Gasteiger partial charge on any atom is -0.508 e. The van der Waals surface area contributed by atoms with Gasteiger partial charge in [-0.3, -0.25) is 9.59 Å². The highest BCUT2D eigenvalue weighted by atomic mass is 16.3. The van der Waals surface area contributed by atoms with Crippen molar-refractivity contribution in [3.8, 4) is 17.6 Å². The van der Waals surface area contributed by atoms with Crippen molar-refractivity contribution in [3.05, 3.63) is 58.7 Å². The van der Waals surface area contributed by atoms with E-state index in [1.54, 1.807) is 26.0 Å². The van der Waals surface area contributed by atoms with Gasteiger partial charge in [-0.25, -0.2) is 0 Å². The Morgan fingerprint density at radius 1 is 1.00 bits per heavy atom. The van der Waals surface area contributed by atoms with Gasteiger partial charge in [-0.05, 0) is 49.2 Å². The molecule has 0 spiro atoms. The molecule has 7 nitrogen and oxygen atoms in total. The third-order valence-electron chi connectivity index (χ3n) is 3.86. The summed E-state index contributed by atoms with van der Waals surface area (Å²) in [6, 6.07) is 9.75. The van der Waals surface area contributed by atoms with E-state index >= 15 is 0 Å². The molecule has 2 amide bonds. The molecule has 0 aliphatic heterocycles. The predicted octanol–water partition coefficient (Wildman–Crippen LogP) is 1.77. The first-order valence-corrected chi connectivity index (χ1v) is 7.89. The lowest BCUT2D eigenvalue weighted by molar-refractivity contribution is 0.0917. The monoisotopic (exact) mass is 353 g/mol. The van der Waals surface area contributed by atoms with E-state index in [0.717, 1.165) is 0 Å². The van der Waals surface area contributed by atoms with E-state index < -0.39 is 17.9 Å². The average molecular weight is 353 g/mol. The summed E-state index contributed by atoms with van der Waals surface area (Å²) in [7, 11) is 0. The highest BCUT2D eigenvalue weighted by molar-refractivity contribution is 5.97. The van der Waals surface area contributed by atoms with Crippen molar-refractivity contribution in [2.45, 2.75) is 19.9 Å². The summed E-state index contributed by atoms with van der Waals surface area (Å²) in [6.45, 7) is 3.33. The van der Waals surface area contributed by atoms with Gasteiger partial charge >= 0.3 is 0 Å². The zero-order valence-electron chi connectivity index (χ0n) is 14.4. The maximum absolute atomic E-state index is 12.3. The topological polar surface area (TPSA) is 122 Å². The Bertz CT molecular complexity index is 887. The van der Waals surface area contributed by atoms with Crippen LogP contribution in [0, 0.1) is 25.2 Å². The number of nitrogens with one attached hydrogen (secondary N) is 2. The van der Waals surface area contributed by atoms with Crippen LogP contribution in [0.1, 0.15) is 31.8 Å². The molecule has 0 heterocycles. The SMILES string of the molecule is Cc1ccc(O)cc1C(=O)NCC(C#N)NC(=O)c1cc(O)ccc1C. The molecule has 1 atom stereocenters. The number of aryl methyl sites for hydroxylation is 2. The number of carbonyl (C=O) groups excluding carboxylic acids is 2. The summed E-state index contributed by atoms with van der Waals surface area (Å²) < 4.78 is 0. The third kappa shape index (κ3) is 4.51. The van der Waals surface area contributed by atoms with E-state index in [2.05, 4.69) is 10.6 Å². The van der Waals surface area contributed by atoms with Gasteiger partial charge in [0.25, 0.3) is 11.8 Å². The normalized spacial score (nSPS) is 11.3. The van der Waals surface area contributed by atoms with E-state index in [4.69, 9.17) is 0 Å². The minimum atomic E-state index is -0.953. The highest BCUT2D eigenvalue weighted by Gasteiger charge is 2.17. The molecule has 0 radical (unpaired) electrons. The second-order valence-electron chi connectivity index (χ2n) is 5.86. The molecule has 2 aromatic rings.